The number of nitrogens with zero attached hydrogens (tertiary/aromatic N) is 2. The van der Waals surface area contributed by atoms with Crippen LogP contribution >= 0.6 is 0 Å². The maximum atomic E-state index is 6.29. The van der Waals surface area contributed by atoms with E-state index < -0.39 is 0 Å². The summed E-state index contributed by atoms with van der Waals surface area (Å²) in [6.07, 6.45) is 10.1. The molecule has 1 aliphatic carbocycles. The molecule has 1 aromatic heterocycles. The Labute approximate surface area is 109 Å². The lowest BCUT2D eigenvalue weighted by Gasteiger charge is -2.24. The maximum Gasteiger partial charge on any atom is 0.0824 e. The van der Waals surface area contributed by atoms with Crippen LogP contribution in [0.5, 0.6) is 0 Å². The number of anilines is 1. The summed E-state index contributed by atoms with van der Waals surface area (Å²) in [6.45, 7) is 2.95. The number of rotatable bonds is 3. The van der Waals surface area contributed by atoms with Gasteiger partial charge in [-0.05, 0) is 32.6 Å². The smallest absolute Gasteiger partial charge is 0.0824 e. The van der Waals surface area contributed by atoms with Crippen molar-refractivity contribution >= 4 is 5.69 Å². The van der Waals surface area contributed by atoms with Crippen LogP contribution in [0, 0.1) is 6.92 Å². The zero-order chi connectivity index (χ0) is 12.6. The zero-order valence-electron chi connectivity index (χ0n) is 11.4. The highest BCUT2D eigenvalue weighted by molar-refractivity contribution is 5.45. The Morgan fingerprint density at radius 1 is 1.44 bits per heavy atom. The molecular weight excluding hydrogens is 226 g/mol. The number of nitrogens with one attached hydrogen (secondary N) is 1. The van der Waals surface area contributed by atoms with Crippen LogP contribution in [0.1, 0.15) is 44.2 Å². The lowest BCUT2D eigenvalue weighted by molar-refractivity contribution is -0.0307. The first-order valence-electron chi connectivity index (χ1n) is 7.09. The molecule has 0 aromatic carbocycles. The van der Waals surface area contributed by atoms with Gasteiger partial charge in [-0.3, -0.25) is 4.68 Å². The van der Waals surface area contributed by atoms with Crippen molar-refractivity contribution in [1.29, 1.82) is 0 Å². The molecule has 1 aliphatic heterocycles. The standard InChI is InChI=1S/C14H23N3O/c1-11-13(10-17(2)16-11)15-9-12-5-8-14(18-12)6-3-4-7-14/h10,12,15H,3-9H2,1-2H3. The quantitative estimate of drug-likeness (QED) is 0.895. The number of hydrogen-bond donors (Lipinski definition) is 1. The van der Waals surface area contributed by atoms with Crippen LogP contribution < -0.4 is 5.32 Å². The third-order valence-corrected chi connectivity index (χ3v) is 4.39. The van der Waals surface area contributed by atoms with Crippen molar-refractivity contribution in [3.8, 4) is 0 Å². The Kier molecular flexibility index (Phi) is 3.06. The fourth-order valence-corrected chi connectivity index (χ4v) is 3.42. The van der Waals surface area contributed by atoms with Gasteiger partial charge in [0.2, 0.25) is 0 Å². The molecule has 1 aromatic rings. The summed E-state index contributed by atoms with van der Waals surface area (Å²) in [4.78, 5) is 0. The van der Waals surface area contributed by atoms with Crippen molar-refractivity contribution < 1.29 is 4.74 Å². The molecule has 1 saturated heterocycles. The van der Waals surface area contributed by atoms with E-state index in [4.69, 9.17) is 4.74 Å². The normalized spacial score (nSPS) is 26.0. The Bertz CT molecular complexity index is 421. The van der Waals surface area contributed by atoms with Crippen LogP contribution in [-0.2, 0) is 11.8 Å². The summed E-state index contributed by atoms with van der Waals surface area (Å²) in [5.41, 5.74) is 2.44. The first-order chi connectivity index (χ1) is 8.67. The monoisotopic (exact) mass is 249 g/mol. The fraction of sp³-hybridized carbons (Fsp3) is 0.786. The highest BCUT2D eigenvalue weighted by atomic mass is 16.5. The second-order valence-electron chi connectivity index (χ2n) is 5.85. The summed E-state index contributed by atoms with van der Waals surface area (Å²) >= 11 is 0. The molecule has 1 saturated carbocycles. The van der Waals surface area contributed by atoms with Crippen molar-refractivity contribution in [3.05, 3.63) is 11.9 Å². The first-order valence-corrected chi connectivity index (χ1v) is 7.09. The molecule has 2 aliphatic rings. The van der Waals surface area contributed by atoms with Gasteiger partial charge in [0.1, 0.15) is 0 Å². The Hall–Kier alpha value is -1.03. The molecule has 3 rings (SSSR count). The Morgan fingerprint density at radius 3 is 2.89 bits per heavy atom. The van der Waals surface area contributed by atoms with Gasteiger partial charge in [0.25, 0.3) is 0 Å². The summed E-state index contributed by atoms with van der Waals surface area (Å²) < 4.78 is 8.14. The molecule has 4 nitrogen and oxygen atoms in total. The van der Waals surface area contributed by atoms with Crippen LogP contribution in [0.15, 0.2) is 6.20 Å². The third-order valence-electron chi connectivity index (χ3n) is 4.39. The van der Waals surface area contributed by atoms with Gasteiger partial charge < -0.3 is 10.1 Å². The van der Waals surface area contributed by atoms with E-state index >= 15 is 0 Å². The summed E-state index contributed by atoms with van der Waals surface area (Å²) in [5, 5.41) is 7.81. The average molecular weight is 249 g/mol. The minimum absolute atomic E-state index is 0.246. The molecular formula is C14H23N3O. The summed E-state index contributed by atoms with van der Waals surface area (Å²) in [7, 11) is 1.96. The number of hydrogen-bond acceptors (Lipinski definition) is 3. The summed E-state index contributed by atoms with van der Waals surface area (Å²) in [6, 6.07) is 0. The van der Waals surface area contributed by atoms with Crippen LogP contribution in [0.4, 0.5) is 5.69 Å². The Morgan fingerprint density at radius 2 is 2.22 bits per heavy atom. The van der Waals surface area contributed by atoms with Gasteiger partial charge in [0.15, 0.2) is 0 Å². The molecule has 1 atom stereocenters. The van der Waals surface area contributed by atoms with Crippen LogP contribution in [-0.4, -0.2) is 28.0 Å². The molecule has 4 heteroatoms. The largest absolute Gasteiger partial charge is 0.380 e. The molecule has 2 fully saturated rings. The van der Waals surface area contributed by atoms with E-state index in [1.165, 1.54) is 38.5 Å². The van der Waals surface area contributed by atoms with E-state index in [1.807, 2.05) is 24.9 Å². The van der Waals surface area contributed by atoms with Crippen molar-refractivity contribution in [1.82, 2.24) is 9.78 Å². The number of aromatic nitrogens is 2. The van der Waals surface area contributed by atoms with E-state index in [1.54, 1.807) is 0 Å². The van der Waals surface area contributed by atoms with E-state index in [0.29, 0.717) is 6.10 Å². The number of aryl methyl sites for hydroxylation is 2. The second kappa shape index (κ2) is 4.57. The zero-order valence-corrected chi connectivity index (χ0v) is 11.4. The molecule has 1 spiro atoms. The van der Waals surface area contributed by atoms with Gasteiger partial charge in [-0.1, -0.05) is 12.8 Å². The van der Waals surface area contributed by atoms with Gasteiger partial charge in [0, 0.05) is 19.8 Å². The third kappa shape index (κ3) is 2.26. The van der Waals surface area contributed by atoms with E-state index in [0.717, 1.165) is 17.9 Å². The molecule has 1 unspecified atom stereocenters. The summed E-state index contributed by atoms with van der Waals surface area (Å²) in [5.74, 6) is 0. The molecule has 18 heavy (non-hydrogen) atoms. The minimum Gasteiger partial charge on any atom is -0.380 e. The van der Waals surface area contributed by atoms with Crippen molar-refractivity contribution in [2.45, 2.75) is 57.2 Å². The van der Waals surface area contributed by atoms with Crippen molar-refractivity contribution in [2.24, 2.45) is 7.05 Å². The second-order valence-corrected chi connectivity index (χ2v) is 5.85. The van der Waals surface area contributed by atoms with E-state index in [2.05, 4.69) is 10.4 Å². The lowest BCUT2D eigenvalue weighted by Crippen LogP contribution is -2.27. The maximum absolute atomic E-state index is 6.29. The van der Waals surface area contributed by atoms with Crippen molar-refractivity contribution in [3.63, 3.8) is 0 Å². The van der Waals surface area contributed by atoms with Gasteiger partial charge >= 0.3 is 0 Å². The highest BCUT2D eigenvalue weighted by Gasteiger charge is 2.41. The predicted molar refractivity (Wildman–Crippen MR) is 71.7 cm³/mol. The van der Waals surface area contributed by atoms with Crippen LogP contribution in [0.3, 0.4) is 0 Å². The predicted octanol–water partition coefficient (Wildman–Crippen LogP) is 2.63. The Balaban J connectivity index is 1.54. The molecule has 0 radical (unpaired) electrons. The SMILES string of the molecule is Cc1nn(C)cc1NCC1CCC2(CCCC2)O1. The van der Waals surface area contributed by atoms with Gasteiger partial charge in [0.05, 0.1) is 23.1 Å². The molecule has 0 amide bonds. The van der Waals surface area contributed by atoms with Gasteiger partial charge in [-0.2, -0.15) is 5.10 Å². The van der Waals surface area contributed by atoms with Gasteiger partial charge in [-0.15, -0.1) is 0 Å². The highest BCUT2D eigenvalue weighted by Crippen LogP contribution is 2.43. The lowest BCUT2D eigenvalue weighted by atomic mass is 9.98. The number of ether oxygens (including phenoxy) is 1. The fourth-order valence-electron chi connectivity index (χ4n) is 3.42. The topological polar surface area (TPSA) is 39.1 Å². The van der Waals surface area contributed by atoms with Crippen LogP contribution in [0.2, 0.25) is 0 Å². The van der Waals surface area contributed by atoms with Gasteiger partial charge in [-0.25, -0.2) is 0 Å². The molecule has 2 heterocycles. The average Bonchev–Trinajstić information content (AvgIpc) is 3.01. The van der Waals surface area contributed by atoms with Crippen LogP contribution in [0.25, 0.3) is 0 Å². The molecule has 100 valence electrons. The molecule has 1 N–H and O–H groups in total. The minimum atomic E-state index is 0.246. The van der Waals surface area contributed by atoms with E-state index in [9.17, 15) is 0 Å². The van der Waals surface area contributed by atoms with Crippen molar-refractivity contribution in [2.75, 3.05) is 11.9 Å². The van der Waals surface area contributed by atoms with E-state index in [-0.39, 0.29) is 5.60 Å². The first kappa shape index (κ1) is 12.0. The molecule has 0 bridgehead atoms.